The van der Waals surface area contributed by atoms with Crippen LogP contribution in [0.25, 0.3) is 10.9 Å². The molecule has 7 heteroatoms. The third-order valence-electron chi connectivity index (χ3n) is 5.16. The maximum Gasteiger partial charge on any atom is 0.336 e. The van der Waals surface area contributed by atoms with Crippen LogP contribution >= 0.6 is 11.6 Å². The topological polar surface area (TPSA) is 94.6 Å². The highest BCUT2D eigenvalue weighted by Crippen LogP contribution is 2.24. The first-order valence-corrected chi connectivity index (χ1v) is 10.4. The van der Waals surface area contributed by atoms with Gasteiger partial charge < -0.3 is 20.1 Å². The number of halogens is 1. The van der Waals surface area contributed by atoms with Gasteiger partial charge >= 0.3 is 5.97 Å². The van der Waals surface area contributed by atoms with Crippen molar-refractivity contribution in [3.05, 3.63) is 100 Å². The van der Waals surface area contributed by atoms with Crippen LogP contribution in [0.15, 0.2) is 72.9 Å². The molecule has 3 N–H and O–H groups in total. The van der Waals surface area contributed by atoms with Crippen LogP contribution in [-0.4, -0.2) is 28.2 Å². The average molecular weight is 449 g/mol. The van der Waals surface area contributed by atoms with Crippen molar-refractivity contribution in [3.8, 4) is 5.75 Å². The molecule has 1 amide bonds. The highest BCUT2D eigenvalue weighted by atomic mass is 35.5. The number of primary amides is 1. The maximum atomic E-state index is 11.6. The molecule has 6 nitrogen and oxygen atoms in total. The minimum Gasteiger partial charge on any atom is -0.484 e. The Morgan fingerprint density at radius 1 is 1.00 bits per heavy atom. The molecule has 3 aromatic carbocycles. The van der Waals surface area contributed by atoms with Crippen LogP contribution in [-0.2, 0) is 17.8 Å². The third-order valence-corrected chi connectivity index (χ3v) is 5.40. The van der Waals surface area contributed by atoms with E-state index in [2.05, 4.69) is 10.6 Å². The summed E-state index contributed by atoms with van der Waals surface area (Å²) in [4.78, 5) is 22.5. The van der Waals surface area contributed by atoms with Gasteiger partial charge in [0.25, 0.3) is 5.91 Å². The van der Waals surface area contributed by atoms with Crippen molar-refractivity contribution in [1.82, 2.24) is 4.57 Å². The van der Waals surface area contributed by atoms with Crippen LogP contribution in [0.5, 0.6) is 5.75 Å². The smallest absolute Gasteiger partial charge is 0.336 e. The van der Waals surface area contributed by atoms with E-state index in [9.17, 15) is 14.7 Å². The summed E-state index contributed by atoms with van der Waals surface area (Å²) < 4.78 is 7.51. The fourth-order valence-corrected chi connectivity index (χ4v) is 3.88. The van der Waals surface area contributed by atoms with Crippen LogP contribution < -0.4 is 10.5 Å². The van der Waals surface area contributed by atoms with Crippen molar-refractivity contribution in [1.29, 1.82) is 0 Å². The molecule has 4 aromatic rings. The second-order valence-electron chi connectivity index (χ2n) is 7.52. The van der Waals surface area contributed by atoms with Gasteiger partial charge in [0, 0.05) is 23.3 Å². The predicted molar refractivity (Wildman–Crippen MR) is 123 cm³/mol. The number of nitrogens with zero attached hydrogens (tertiary/aromatic N) is 1. The molecule has 162 valence electrons. The molecule has 4 rings (SSSR count). The van der Waals surface area contributed by atoms with Crippen LogP contribution in [0.3, 0.4) is 0 Å². The number of hydrogen-bond acceptors (Lipinski definition) is 3. The van der Waals surface area contributed by atoms with Crippen LogP contribution in [0.1, 0.15) is 27.0 Å². The number of aromatic nitrogens is 1. The first kappa shape index (κ1) is 21.5. The quantitative estimate of drug-likeness (QED) is 0.415. The second-order valence-corrected chi connectivity index (χ2v) is 7.96. The summed E-state index contributed by atoms with van der Waals surface area (Å²) in [6.45, 7) is 0.479. The highest BCUT2D eigenvalue weighted by molar-refractivity contribution is 6.31. The SMILES string of the molecule is NC(=O)COc1cccc(Cn2ccc3cc(Cc4ccc(Cl)cc4C(=O)O)ccc32)c1. The van der Waals surface area contributed by atoms with E-state index in [0.717, 1.165) is 22.0 Å². The number of nitrogens with two attached hydrogens (primary N) is 1. The van der Waals surface area contributed by atoms with Gasteiger partial charge in [-0.15, -0.1) is 0 Å². The average Bonchev–Trinajstić information content (AvgIpc) is 3.15. The number of carbonyl (C=O) groups is 2. The number of hydrogen-bond donors (Lipinski definition) is 2. The Morgan fingerprint density at radius 3 is 2.62 bits per heavy atom. The van der Waals surface area contributed by atoms with E-state index < -0.39 is 11.9 Å². The van der Waals surface area contributed by atoms with E-state index in [-0.39, 0.29) is 12.2 Å². The van der Waals surface area contributed by atoms with Gasteiger partial charge in [-0.1, -0.05) is 35.9 Å². The Labute approximate surface area is 189 Å². The van der Waals surface area contributed by atoms with E-state index in [4.69, 9.17) is 22.1 Å². The molecule has 0 atom stereocenters. The maximum absolute atomic E-state index is 11.6. The van der Waals surface area contributed by atoms with Gasteiger partial charge in [0.05, 0.1) is 5.56 Å². The number of fused-ring (bicyclic) bond motifs is 1. The number of rotatable bonds is 8. The molecule has 0 aliphatic carbocycles. The number of carboxylic acids is 1. The van der Waals surface area contributed by atoms with Gasteiger partial charge in [-0.2, -0.15) is 0 Å². The summed E-state index contributed by atoms with van der Waals surface area (Å²) in [7, 11) is 0. The van der Waals surface area contributed by atoms with Crippen molar-refractivity contribution in [2.24, 2.45) is 5.73 Å². The van der Waals surface area contributed by atoms with E-state index in [1.54, 1.807) is 18.2 Å². The second kappa shape index (κ2) is 9.16. The Morgan fingerprint density at radius 2 is 1.84 bits per heavy atom. The molecule has 1 heterocycles. The lowest BCUT2D eigenvalue weighted by molar-refractivity contribution is -0.119. The summed E-state index contributed by atoms with van der Waals surface area (Å²) in [5.74, 6) is -0.911. The number of ether oxygens (including phenoxy) is 1. The minimum absolute atomic E-state index is 0.157. The first-order valence-electron chi connectivity index (χ1n) is 9.98. The molecule has 0 saturated heterocycles. The predicted octanol–water partition coefficient (Wildman–Crippen LogP) is 4.50. The van der Waals surface area contributed by atoms with Gasteiger partial charge in [0.2, 0.25) is 0 Å². The normalized spacial score (nSPS) is 10.9. The molecule has 0 radical (unpaired) electrons. The molecule has 0 saturated carbocycles. The number of benzene rings is 3. The number of aromatic carboxylic acids is 1. The van der Waals surface area contributed by atoms with Gasteiger partial charge in [-0.3, -0.25) is 4.79 Å². The van der Waals surface area contributed by atoms with Crippen LogP contribution in [0, 0.1) is 0 Å². The fraction of sp³-hybridized carbons (Fsp3) is 0.120. The summed E-state index contributed by atoms with van der Waals surface area (Å²) in [6.07, 6.45) is 2.51. The van der Waals surface area contributed by atoms with Crippen molar-refractivity contribution >= 4 is 34.4 Å². The Hall–Kier alpha value is -3.77. The molecule has 32 heavy (non-hydrogen) atoms. The summed E-state index contributed by atoms with van der Waals surface area (Å²) >= 11 is 5.96. The number of carbonyl (C=O) groups excluding carboxylic acids is 1. The van der Waals surface area contributed by atoms with E-state index in [0.29, 0.717) is 29.3 Å². The van der Waals surface area contributed by atoms with Gasteiger partial charge in [-0.25, -0.2) is 4.79 Å². The van der Waals surface area contributed by atoms with E-state index >= 15 is 0 Å². The lowest BCUT2D eigenvalue weighted by atomic mass is 9.99. The zero-order valence-corrected chi connectivity index (χ0v) is 17.9. The number of carboxylic acid groups (broad SMARTS) is 1. The molecule has 0 unspecified atom stereocenters. The van der Waals surface area contributed by atoms with E-state index in [1.165, 1.54) is 6.07 Å². The van der Waals surface area contributed by atoms with Crippen molar-refractivity contribution in [2.45, 2.75) is 13.0 Å². The lowest BCUT2D eigenvalue weighted by Crippen LogP contribution is -2.20. The molecule has 0 fully saturated rings. The Bertz CT molecular complexity index is 1310. The first-order chi connectivity index (χ1) is 15.4. The molecular weight excluding hydrogens is 428 g/mol. The number of amides is 1. The standard InChI is InChI=1S/C25H21ClN2O4/c26-20-6-5-18(22(13-20)25(30)31)10-16-4-7-23-19(11-16)8-9-28(23)14-17-2-1-3-21(12-17)32-15-24(27)29/h1-9,11-13H,10,14-15H2,(H2,27,29)(H,30,31). The Kier molecular flexibility index (Phi) is 6.14. The van der Waals surface area contributed by atoms with Crippen molar-refractivity contribution < 1.29 is 19.4 Å². The molecule has 0 spiro atoms. The van der Waals surface area contributed by atoms with E-state index in [1.807, 2.05) is 42.6 Å². The van der Waals surface area contributed by atoms with Gasteiger partial charge in [-0.05, 0) is 71.0 Å². The summed E-state index contributed by atoms with van der Waals surface area (Å²) in [5.41, 5.74) is 9.18. The van der Waals surface area contributed by atoms with Crippen LogP contribution in [0.2, 0.25) is 5.02 Å². The zero-order valence-electron chi connectivity index (χ0n) is 17.1. The van der Waals surface area contributed by atoms with Gasteiger partial charge in [0.15, 0.2) is 6.61 Å². The van der Waals surface area contributed by atoms with Gasteiger partial charge in [0.1, 0.15) is 5.75 Å². The van der Waals surface area contributed by atoms with Crippen molar-refractivity contribution in [2.75, 3.05) is 6.61 Å². The molecule has 0 aliphatic heterocycles. The molecule has 0 aliphatic rings. The summed E-state index contributed by atoms with van der Waals surface area (Å²) in [5, 5.41) is 10.9. The lowest BCUT2D eigenvalue weighted by Gasteiger charge is -2.10. The monoisotopic (exact) mass is 448 g/mol. The van der Waals surface area contributed by atoms with Crippen LogP contribution in [0.4, 0.5) is 0 Å². The molecule has 1 aromatic heterocycles. The summed E-state index contributed by atoms with van der Waals surface area (Å²) in [6, 6.07) is 20.6. The largest absolute Gasteiger partial charge is 0.484 e. The minimum atomic E-state index is -0.989. The molecular formula is C25H21ClN2O4. The zero-order chi connectivity index (χ0) is 22.7. The third kappa shape index (κ3) is 4.92. The highest BCUT2D eigenvalue weighted by Gasteiger charge is 2.12. The Balaban J connectivity index is 1.55. The van der Waals surface area contributed by atoms with Crippen molar-refractivity contribution in [3.63, 3.8) is 0 Å². The fourth-order valence-electron chi connectivity index (χ4n) is 3.70. The molecule has 0 bridgehead atoms.